The maximum atomic E-state index is 13.7. The predicted molar refractivity (Wildman–Crippen MR) is 83.8 cm³/mol. The molecule has 0 fully saturated rings. The lowest BCUT2D eigenvalue weighted by atomic mass is 10.2. The molecule has 0 amide bonds. The topological polar surface area (TPSA) is 46.2 Å². The van der Waals surface area contributed by atoms with Crippen LogP contribution >= 0.6 is 31.9 Å². The van der Waals surface area contributed by atoms with Gasteiger partial charge in [0.2, 0.25) is 0 Å². The summed E-state index contributed by atoms with van der Waals surface area (Å²) in [6.45, 7) is 1.85. The van der Waals surface area contributed by atoms with Crippen molar-refractivity contribution in [2.75, 3.05) is 4.72 Å². The van der Waals surface area contributed by atoms with Crippen molar-refractivity contribution >= 4 is 47.6 Å². The summed E-state index contributed by atoms with van der Waals surface area (Å²) in [5, 5.41) is 0. The Bertz CT molecular complexity index is 743. The van der Waals surface area contributed by atoms with Crippen molar-refractivity contribution in [1.29, 1.82) is 0 Å². The molecule has 7 heteroatoms. The van der Waals surface area contributed by atoms with E-state index in [4.69, 9.17) is 0 Å². The Balaban J connectivity index is 2.46. The van der Waals surface area contributed by atoms with Gasteiger partial charge < -0.3 is 0 Å². The van der Waals surface area contributed by atoms with Crippen LogP contribution in [0.1, 0.15) is 5.56 Å². The van der Waals surface area contributed by atoms with Crippen LogP contribution in [0, 0.1) is 12.7 Å². The number of nitrogens with one attached hydrogen (secondary N) is 1. The summed E-state index contributed by atoms with van der Waals surface area (Å²) in [7, 11) is -3.87. The van der Waals surface area contributed by atoms with Crippen LogP contribution in [0.3, 0.4) is 0 Å². The summed E-state index contributed by atoms with van der Waals surface area (Å²) in [4.78, 5) is 0.0539. The second-order valence-electron chi connectivity index (χ2n) is 4.14. The molecule has 0 unspecified atom stereocenters. The molecule has 0 aliphatic carbocycles. The van der Waals surface area contributed by atoms with Crippen molar-refractivity contribution in [3.8, 4) is 0 Å². The molecule has 0 aromatic heterocycles. The molecule has 2 rings (SSSR count). The minimum absolute atomic E-state index is 0.0539. The summed E-state index contributed by atoms with van der Waals surface area (Å²) in [6.07, 6.45) is 0. The quantitative estimate of drug-likeness (QED) is 0.793. The predicted octanol–water partition coefficient (Wildman–Crippen LogP) is 4.46. The van der Waals surface area contributed by atoms with Gasteiger partial charge in [-0.05, 0) is 68.6 Å². The van der Waals surface area contributed by atoms with Gasteiger partial charge in [-0.2, -0.15) is 0 Å². The van der Waals surface area contributed by atoms with E-state index in [0.717, 1.165) is 5.56 Å². The van der Waals surface area contributed by atoms with Crippen LogP contribution in [0.4, 0.5) is 10.1 Å². The summed E-state index contributed by atoms with van der Waals surface area (Å²) in [6, 6.07) is 9.06. The molecule has 2 aromatic carbocycles. The van der Waals surface area contributed by atoms with E-state index in [2.05, 4.69) is 36.6 Å². The van der Waals surface area contributed by atoms with E-state index >= 15 is 0 Å². The van der Waals surface area contributed by atoms with Gasteiger partial charge in [0, 0.05) is 8.95 Å². The molecule has 0 atom stereocenters. The molecule has 20 heavy (non-hydrogen) atoms. The Morgan fingerprint density at radius 2 is 1.80 bits per heavy atom. The van der Waals surface area contributed by atoms with E-state index in [1.807, 2.05) is 6.92 Å². The molecule has 106 valence electrons. The van der Waals surface area contributed by atoms with Crippen molar-refractivity contribution in [3.63, 3.8) is 0 Å². The monoisotopic (exact) mass is 421 g/mol. The highest BCUT2D eigenvalue weighted by molar-refractivity contribution is 9.11. The van der Waals surface area contributed by atoms with Crippen molar-refractivity contribution in [1.82, 2.24) is 0 Å². The minimum Gasteiger partial charge on any atom is -0.275 e. The van der Waals surface area contributed by atoms with Gasteiger partial charge in [0.15, 0.2) is 0 Å². The molecular formula is C13H10Br2FNO2S. The van der Waals surface area contributed by atoms with Crippen LogP contribution in [0.15, 0.2) is 50.2 Å². The number of hydrogen-bond acceptors (Lipinski definition) is 2. The van der Waals surface area contributed by atoms with Crippen LogP contribution < -0.4 is 4.72 Å². The fourth-order valence-electron chi connectivity index (χ4n) is 1.61. The van der Waals surface area contributed by atoms with Gasteiger partial charge in [-0.25, -0.2) is 12.8 Å². The van der Waals surface area contributed by atoms with Gasteiger partial charge in [-0.15, -0.1) is 0 Å². The molecular weight excluding hydrogens is 413 g/mol. The second-order valence-corrected chi connectivity index (χ2v) is 7.50. The van der Waals surface area contributed by atoms with Gasteiger partial charge in [0.05, 0.1) is 5.69 Å². The number of para-hydroxylation sites is 1. The lowest BCUT2D eigenvalue weighted by molar-refractivity contribution is 0.598. The standard InChI is InChI=1S/C13H10Br2FNO2S/c1-8-5-6-12(10(15)7-8)20(18,19)17-13-9(14)3-2-4-11(13)16/h2-7,17H,1H3. The first-order valence-corrected chi connectivity index (χ1v) is 8.61. The molecule has 0 spiro atoms. The lowest BCUT2D eigenvalue weighted by Crippen LogP contribution is -2.15. The van der Waals surface area contributed by atoms with Crippen molar-refractivity contribution < 1.29 is 12.8 Å². The summed E-state index contributed by atoms with van der Waals surface area (Å²) < 4.78 is 41.3. The third-order valence-electron chi connectivity index (χ3n) is 2.58. The van der Waals surface area contributed by atoms with E-state index < -0.39 is 15.8 Å². The highest BCUT2D eigenvalue weighted by atomic mass is 79.9. The van der Waals surface area contributed by atoms with E-state index in [1.54, 1.807) is 18.2 Å². The van der Waals surface area contributed by atoms with Crippen LogP contribution in [-0.2, 0) is 10.0 Å². The number of anilines is 1. The zero-order valence-electron chi connectivity index (χ0n) is 10.3. The fourth-order valence-corrected chi connectivity index (χ4v) is 4.46. The first-order valence-electron chi connectivity index (χ1n) is 5.54. The van der Waals surface area contributed by atoms with Gasteiger partial charge in [-0.3, -0.25) is 4.72 Å². The molecule has 0 aliphatic rings. The molecule has 0 radical (unpaired) electrons. The Morgan fingerprint density at radius 1 is 1.10 bits per heavy atom. The molecule has 1 N–H and O–H groups in total. The maximum absolute atomic E-state index is 13.7. The average molecular weight is 423 g/mol. The Hall–Kier alpha value is -0.920. The molecule has 3 nitrogen and oxygen atoms in total. The van der Waals surface area contributed by atoms with E-state index in [-0.39, 0.29) is 10.6 Å². The van der Waals surface area contributed by atoms with Gasteiger partial charge in [0.25, 0.3) is 10.0 Å². The number of aryl methyl sites for hydroxylation is 1. The highest BCUT2D eigenvalue weighted by Gasteiger charge is 2.20. The van der Waals surface area contributed by atoms with Crippen LogP contribution in [0.25, 0.3) is 0 Å². The largest absolute Gasteiger partial charge is 0.275 e. The fraction of sp³-hybridized carbons (Fsp3) is 0.0769. The third kappa shape index (κ3) is 3.21. The Morgan fingerprint density at radius 3 is 2.40 bits per heavy atom. The van der Waals surface area contributed by atoms with Gasteiger partial charge in [-0.1, -0.05) is 12.1 Å². The molecule has 2 aromatic rings. The third-order valence-corrected chi connectivity index (χ3v) is 5.56. The van der Waals surface area contributed by atoms with Crippen molar-refractivity contribution in [3.05, 3.63) is 56.7 Å². The molecule has 0 bridgehead atoms. The van der Waals surface area contributed by atoms with Crippen LogP contribution in [0.5, 0.6) is 0 Å². The highest BCUT2D eigenvalue weighted by Crippen LogP contribution is 2.30. The van der Waals surface area contributed by atoms with Crippen LogP contribution in [-0.4, -0.2) is 8.42 Å². The summed E-state index contributed by atoms with van der Waals surface area (Å²) in [5.74, 6) is -0.647. The summed E-state index contributed by atoms with van der Waals surface area (Å²) in [5.41, 5.74) is 0.808. The smallest absolute Gasteiger partial charge is 0.263 e. The lowest BCUT2D eigenvalue weighted by Gasteiger charge is -2.12. The van der Waals surface area contributed by atoms with E-state index in [1.165, 1.54) is 18.2 Å². The van der Waals surface area contributed by atoms with Crippen LogP contribution in [0.2, 0.25) is 0 Å². The number of sulfonamides is 1. The Kier molecular flexibility index (Phi) is 4.51. The van der Waals surface area contributed by atoms with Gasteiger partial charge in [0.1, 0.15) is 10.7 Å². The van der Waals surface area contributed by atoms with Crippen molar-refractivity contribution in [2.24, 2.45) is 0 Å². The number of rotatable bonds is 3. The van der Waals surface area contributed by atoms with E-state index in [9.17, 15) is 12.8 Å². The first kappa shape index (κ1) is 15.5. The van der Waals surface area contributed by atoms with Crippen molar-refractivity contribution in [2.45, 2.75) is 11.8 Å². The number of hydrogen-bond donors (Lipinski definition) is 1. The Labute approximate surface area is 133 Å². The molecule has 0 saturated heterocycles. The second kappa shape index (κ2) is 5.83. The zero-order chi connectivity index (χ0) is 14.9. The van der Waals surface area contributed by atoms with E-state index in [0.29, 0.717) is 8.95 Å². The normalized spacial score (nSPS) is 11.4. The maximum Gasteiger partial charge on any atom is 0.263 e. The molecule has 0 saturated carbocycles. The SMILES string of the molecule is Cc1ccc(S(=O)(=O)Nc2c(F)cccc2Br)c(Br)c1. The molecule has 0 aliphatic heterocycles. The summed E-state index contributed by atoms with van der Waals surface area (Å²) >= 11 is 6.33. The molecule has 0 heterocycles. The number of benzene rings is 2. The minimum atomic E-state index is -3.87. The van der Waals surface area contributed by atoms with Gasteiger partial charge >= 0.3 is 0 Å². The zero-order valence-corrected chi connectivity index (χ0v) is 14.3. The first-order chi connectivity index (χ1) is 9.31. The number of halogens is 3. The average Bonchev–Trinajstić information content (AvgIpc) is 2.33.